The van der Waals surface area contributed by atoms with Gasteiger partial charge in [0.15, 0.2) is 5.60 Å². The first-order valence-corrected chi connectivity index (χ1v) is 5.17. The topological polar surface area (TPSA) is 61.6 Å². The standard InChI is InChI=1S/C12H17NO3/c1-4-15-9-5-7-10(8-6-9)16-12(2,3)11(13)14/h5-8H,4H2,1-3H3,(H2,13,14). The van der Waals surface area contributed by atoms with Crippen molar-refractivity contribution in [2.45, 2.75) is 26.4 Å². The second-order valence-corrected chi connectivity index (χ2v) is 3.88. The first kappa shape index (κ1) is 12.4. The Labute approximate surface area is 95.3 Å². The van der Waals surface area contributed by atoms with E-state index in [1.807, 2.05) is 6.92 Å². The summed E-state index contributed by atoms with van der Waals surface area (Å²) < 4.78 is 10.8. The average Bonchev–Trinajstić information content (AvgIpc) is 2.21. The van der Waals surface area contributed by atoms with Crippen LogP contribution in [0.4, 0.5) is 0 Å². The molecule has 1 aromatic rings. The Morgan fingerprint density at radius 2 is 1.75 bits per heavy atom. The normalized spacial score (nSPS) is 10.9. The number of hydrogen-bond donors (Lipinski definition) is 1. The van der Waals surface area contributed by atoms with Crippen molar-refractivity contribution < 1.29 is 14.3 Å². The molecule has 0 aliphatic heterocycles. The molecule has 0 aromatic heterocycles. The number of rotatable bonds is 5. The molecule has 0 aliphatic carbocycles. The Bertz CT molecular complexity index is 357. The zero-order valence-corrected chi connectivity index (χ0v) is 9.82. The number of carbonyl (C=O) groups excluding carboxylic acids is 1. The first-order valence-electron chi connectivity index (χ1n) is 5.17. The SMILES string of the molecule is CCOc1ccc(OC(C)(C)C(N)=O)cc1. The number of ether oxygens (including phenoxy) is 2. The highest BCUT2D eigenvalue weighted by Crippen LogP contribution is 2.21. The van der Waals surface area contributed by atoms with Crippen molar-refractivity contribution in [2.75, 3.05) is 6.61 Å². The number of amides is 1. The van der Waals surface area contributed by atoms with E-state index in [4.69, 9.17) is 15.2 Å². The van der Waals surface area contributed by atoms with Gasteiger partial charge >= 0.3 is 0 Å². The molecule has 0 spiro atoms. The molecule has 1 amide bonds. The van der Waals surface area contributed by atoms with Crippen LogP contribution in [0.15, 0.2) is 24.3 Å². The molecule has 0 unspecified atom stereocenters. The fraction of sp³-hybridized carbons (Fsp3) is 0.417. The van der Waals surface area contributed by atoms with E-state index in [0.29, 0.717) is 12.4 Å². The van der Waals surface area contributed by atoms with Crippen molar-refractivity contribution in [3.8, 4) is 11.5 Å². The maximum absolute atomic E-state index is 11.1. The summed E-state index contributed by atoms with van der Waals surface area (Å²) in [4.78, 5) is 11.1. The van der Waals surface area contributed by atoms with Gasteiger partial charge in [0.05, 0.1) is 6.61 Å². The number of benzene rings is 1. The van der Waals surface area contributed by atoms with Crippen LogP contribution in [0.5, 0.6) is 11.5 Å². The van der Waals surface area contributed by atoms with E-state index in [1.54, 1.807) is 38.1 Å². The Morgan fingerprint density at radius 3 is 2.19 bits per heavy atom. The Balaban J connectivity index is 2.72. The molecular weight excluding hydrogens is 206 g/mol. The van der Waals surface area contributed by atoms with Gasteiger partial charge in [0.25, 0.3) is 5.91 Å². The number of carbonyl (C=O) groups is 1. The summed E-state index contributed by atoms with van der Waals surface area (Å²) in [6.07, 6.45) is 0. The van der Waals surface area contributed by atoms with Crippen LogP contribution in [0, 0.1) is 0 Å². The fourth-order valence-corrected chi connectivity index (χ4v) is 1.12. The summed E-state index contributed by atoms with van der Waals surface area (Å²) in [5.74, 6) is 0.861. The van der Waals surface area contributed by atoms with E-state index in [-0.39, 0.29) is 0 Å². The molecule has 0 atom stereocenters. The minimum Gasteiger partial charge on any atom is -0.494 e. The van der Waals surface area contributed by atoms with Crippen molar-refractivity contribution in [3.63, 3.8) is 0 Å². The highest BCUT2D eigenvalue weighted by atomic mass is 16.5. The van der Waals surface area contributed by atoms with E-state index in [0.717, 1.165) is 5.75 Å². The van der Waals surface area contributed by atoms with Crippen LogP contribution >= 0.6 is 0 Å². The largest absolute Gasteiger partial charge is 0.494 e. The van der Waals surface area contributed by atoms with Crippen LogP contribution in [0.1, 0.15) is 20.8 Å². The van der Waals surface area contributed by atoms with Gasteiger partial charge in [-0.05, 0) is 45.0 Å². The van der Waals surface area contributed by atoms with Gasteiger partial charge in [0.1, 0.15) is 11.5 Å². The highest BCUT2D eigenvalue weighted by molar-refractivity contribution is 5.82. The molecule has 0 saturated heterocycles. The van der Waals surface area contributed by atoms with E-state index >= 15 is 0 Å². The van der Waals surface area contributed by atoms with Crippen LogP contribution in [0.25, 0.3) is 0 Å². The van der Waals surface area contributed by atoms with E-state index in [1.165, 1.54) is 0 Å². The molecular formula is C12H17NO3. The van der Waals surface area contributed by atoms with Crippen LogP contribution in [-0.2, 0) is 4.79 Å². The molecule has 2 N–H and O–H groups in total. The predicted molar refractivity (Wildman–Crippen MR) is 61.5 cm³/mol. The molecule has 0 fully saturated rings. The van der Waals surface area contributed by atoms with Crippen LogP contribution in [0.3, 0.4) is 0 Å². The number of nitrogens with two attached hydrogens (primary N) is 1. The smallest absolute Gasteiger partial charge is 0.261 e. The summed E-state index contributed by atoms with van der Waals surface area (Å²) in [6, 6.07) is 7.07. The fourth-order valence-electron chi connectivity index (χ4n) is 1.12. The van der Waals surface area contributed by atoms with Gasteiger partial charge in [-0.2, -0.15) is 0 Å². The van der Waals surface area contributed by atoms with Crippen LogP contribution < -0.4 is 15.2 Å². The molecule has 1 rings (SSSR count). The maximum Gasteiger partial charge on any atom is 0.261 e. The van der Waals surface area contributed by atoms with Crippen molar-refractivity contribution in [3.05, 3.63) is 24.3 Å². The quantitative estimate of drug-likeness (QED) is 0.826. The third-order valence-corrected chi connectivity index (χ3v) is 2.10. The van der Waals surface area contributed by atoms with Gasteiger partial charge in [-0.3, -0.25) is 4.79 Å². The molecule has 0 saturated carbocycles. The van der Waals surface area contributed by atoms with Crippen LogP contribution in [0.2, 0.25) is 0 Å². The number of primary amides is 1. The maximum atomic E-state index is 11.1. The van der Waals surface area contributed by atoms with Crippen LogP contribution in [-0.4, -0.2) is 18.1 Å². The molecule has 0 aliphatic rings. The molecule has 0 heterocycles. The van der Waals surface area contributed by atoms with Gasteiger partial charge in [-0.1, -0.05) is 0 Å². The van der Waals surface area contributed by atoms with Gasteiger partial charge in [0.2, 0.25) is 0 Å². The molecule has 4 nitrogen and oxygen atoms in total. The molecule has 0 bridgehead atoms. The summed E-state index contributed by atoms with van der Waals surface area (Å²) in [5, 5.41) is 0. The molecule has 4 heteroatoms. The summed E-state index contributed by atoms with van der Waals surface area (Å²) in [7, 11) is 0. The first-order chi connectivity index (χ1) is 7.45. The molecule has 1 aromatic carbocycles. The Kier molecular flexibility index (Phi) is 3.77. The van der Waals surface area contributed by atoms with Gasteiger partial charge in [0, 0.05) is 0 Å². The third kappa shape index (κ3) is 3.15. The van der Waals surface area contributed by atoms with Crippen molar-refractivity contribution in [1.82, 2.24) is 0 Å². The average molecular weight is 223 g/mol. The second kappa shape index (κ2) is 4.88. The van der Waals surface area contributed by atoms with E-state index < -0.39 is 11.5 Å². The van der Waals surface area contributed by atoms with Crippen molar-refractivity contribution in [1.29, 1.82) is 0 Å². The summed E-state index contributed by atoms with van der Waals surface area (Å²) in [5.41, 5.74) is 4.20. The number of hydrogen-bond acceptors (Lipinski definition) is 3. The highest BCUT2D eigenvalue weighted by Gasteiger charge is 2.26. The monoisotopic (exact) mass is 223 g/mol. The zero-order valence-electron chi connectivity index (χ0n) is 9.82. The minimum atomic E-state index is -1.01. The second-order valence-electron chi connectivity index (χ2n) is 3.88. The molecule has 16 heavy (non-hydrogen) atoms. The predicted octanol–water partition coefficient (Wildman–Crippen LogP) is 1.73. The Morgan fingerprint density at radius 1 is 1.25 bits per heavy atom. The lowest BCUT2D eigenvalue weighted by Crippen LogP contribution is -2.43. The van der Waals surface area contributed by atoms with Gasteiger partial charge in [-0.25, -0.2) is 0 Å². The van der Waals surface area contributed by atoms with Crippen molar-refractivity contribution in [2.24, 2.45) is 5.73 Å². The zero-order chi connectivity index (χ0) is 12.2. The lowest BCUT2D eigenvalue weighted by molar-refractivity contribution is -0.130. The Hall–Kier alpha value is -1.71. The molecule has 88 valence electrons. The summed E-state index contributed by atoms with van der Waals surface area (Å²) in [6.45, 7) is 5.80. The summed E-state index contributed by atoms with van der Waals surface area (Å²) >= 11 is 0. The lowest BCUT2D eigenvalue weighted by atomic mass is 10.1. The third-order valence-electron chi connectivity index (χ3n) is 2.10. The van der Waals surface area contributed by atoms with E-state index in [2.05, 4.69) is 0 Å². The van der Waals surface area contributed by atoms with Crippen molar-refractivity contribution >= 4 is 5.91 Å². The van der Waals surface area contributed by atoms with Gasteiger partial charge in [-0.15, -0.1) is 0 Å². The lowest BCUT2D eigenvalue weighted by Gasteiger charge is -2.22. The van der Waals surface area contributed by atoms with E-state index in [9.17, 15) is 4.79 Å². The minimum absolute atomic E-state index is 0.499. The molecule has 0 radical (unpaired) electrons. The van der Waals surface area contributed by atoms with Gasteiger partial charge < -0.3 is 15.2 Å².